The Kier molecular flexibility index (Phi) is 4.71. The Bertz CT molecular complexity index is 1150. The van der Waals surface area contributed by atoms with Crippen molar-refractivity contribution in [2.24, 2.45) is 0 Å². The van der Waals surface area contributed by atoms with Crippen molar-refractivity contribution < 1.29 is 18.7 Å². The lowest BCUT2D eigenvalue weighted by atomic mass is 10.1. The quantitative estimate of drug-likeness (QED) is 0.693. The second-order valence-electron chi connectivity index (χ2n) is 6.68. The van der Waals surface area contributed by atoms with Gasteiger partial charge in [-0.15, -0.1) is 0 Å². The number of amides is 1. The van der Waals surface area contributed by atoms with Crippen LogP contribution in [0.3, 0.4) is 0 Å². The van der Waals surface area contributed by atoms with Gasteiger partial charge in [0.2, 0.25) is 5.91 Å². The van der Waals surface area contributed by atoms with Gasteiger partial charge in [0, 0.05) is 17.3 Å². The van der Waals surface area contributed by atoms with Gasteiger partial charge in [-0.1, -0.05) is 0 Å². The van der Waals surface area contributed by atoms with Crippen molar-refractivity contribution in [2.75, 3.05) is 24.3 Å². The number of carbonyl (C=O) groups is 1. The van der Waals surface area contributed by atoms with Crippen molar-refractivity contribution in [3.63, 3.8) is 0 Å². The first kappa shape index (κ1) is 18.6. The molecule has 0 saturated carbocycles. The number of benzene rings is 1. The van der Waals surface area contributed by atoms with Crippen LogP contribution in [0.2, 0.25) is 0 Å². The van der Waals surface area contributed by atoms with Crippen LogP contribution in [0.4, 0.5) is 11.4 Å². The molecule has 1 aliphatic rings. The first-order chi connectivity index (χ1) is 13.9. The average Bonchev–Trinajstić information content (AvgIpc) is 3.03. The number of aryl methyl sites for hydroxylation is 2. The van der Waals surface area contributed by atoms with E-state index in [2.05, 4.69) is 10.4 Å². The molecule has 0 aliphatic carbocycles. The number of anilines is 2. The minimum atomic E-state index is -0.538. The van der Waals surface area contributed by atoms with Crippen LogP contribution in [-0.4, -0.2) is 28.9 Å². The minimum Gasteiger partial charge on any atom is -0.486 e. The smallest absolute Gasteiger partial charge is 0.290 e. The lowest BCUT2D eigenvalue weighted by molar-refractivity contribution is -0.117. The van der Waals surface area contributed by atoms with Crippen LogP contribution >= 0.6 is 0 Å². The molecule has 9 heteroatoms. The Labute approximate surface area is 166 Å². The number of aromatic nitrogens is 2. The molecular formula is C20H20N4O5. The predicted molar refractivity (Wildman–Crippen MR) is 106 cm³/mol. The zero-order valence-electron chi connectivity index (χ0n) is 16.0. The molecule has 150 valence electrons. The third-order valence-electron chi connectivity index (χ3n) is 4.44. The summed E-state index contributed by atoms with van der Waals surface area (Å²) >= 11 is 0. The molecule has 1 aliphatic heterocycles. The summed E-state index contributed by atoms with van der Waals surface area (Å²) in [4.78, 5) is 24.8. The molecule has 3 aromatic rings. The van der Waals surface area contributed by atoms with E-state index >= 15 is 0 Å². The zero-order chi connectivity index (χ0) is 20.5. The van der Waals surface area contributed by atoms with Crippen LogP contribution in [0.25, 0.3) is 11.3 Å². The van der Waals surface area contributed by atoms with Crippen LogP contribution < -0.4 is 26.1 Å². The molecule has 9 nitrogen and oxygen atoms in total. The summed E-state index contributed by atoms with van der Waals surface area (Å²) in [6.07, 6.45) is 0. The van der Waals surface area contributed by atoms with Gasteiger partial charge in [-0.25, -0.2) is 4.68 Å². The first-order valence-electron chi connectivity index (χ1n) is 9.05. The Morgan fingerprint density at radius 2 is 1.93 bits per heavy atom. The summed E-state index contributed by atoms with van der Waals surface area (Å²) in [6.45, 7) is 4.26. The van der Waals surface area contributed by atoms with E-state index in [0.717, 1.165) is 10.2 Å². The minimum absolute atomic E-state index is 0.000354. The molecule has 1 amide bonds. The molecule has 2 aromatic heterocycles. The zero-order valence-corrected chi connectivity index (χ0v) is 16.0. The normalized spacial score (nSPS) is 12.6. The topological polar surface area (TPSA) is 122 Å². The number of carbonyl (C=O) groups excluding carboxylic acids is 1. The number of nitrogens with two attached hydrogens (primary N) is 1. The fourth-order valence-corrected chi connectivity index (χ4v) is 3.14. The molecule has 0 unspecified atom stereocenters. The summed E-state index contributed by atoms with van der Waals surface area (Å²) < 4.78 is 17.5. The van der Waals surface area contributed by atoms with E-state index in [-0.39, 0.29) is 12.2 Å². The maximum atomic E-state index is 12.5. The van der Waals surface area contributed by atoms with E-state index in [0.29, 0.717) is 47.6 Å². The van der Waals surface area contributed by atoms with Gasteiger partial charge in [0.05, 0.1) is 5.69 Å². The fraction of sp³-hybridized carbons (Fsp3) is 0.250. The van der Waals surface area contributed by atoms with Crippen molar-refractivity contribution in [3.8, 4) is 22.8 Å². The van der Waals surface area contributed by atoms with Crippen LogP contribution in [0, 0.1) is 13.8 Å². The lowest BCUT2D eigenvalue weighted by Crippen LogP contribution is -2.31. The average molecular weight is 396 g/mol. The molecule has 0 fully saturated rings. The molecule has 29 heavy (non-hydrogen) atoms. The van der Waals surface area contributed by atoms with Gasteiger partial charge in [-0.05, 0) is 38.1 Å². The number of furan rings is 1. The van der Waals surface area contributed by atoms with Gasteiger partial charge in [0.15, 0.2) is 11.5 Å². The maximum Gasteiger partial charge on any atom is 0.290 e. The molecule has 4 rings (SSSR count). The molecule has 3 N–H and O–H groups in total. The van der Waals surface area contributed by atoms with Gasteiger partial charge in [0.25, 0.3) is 5.56 Å². The summed E-state index contributed by atoms with van der Waals surface area (Å²) in [5.41, 5.74) is 7.02. The van der Waals surface area contributed by atoms with Crippen molar-refractivity contribution >= 4 is 17.3 Å². The second kappa shape index (κ2) is 7.34. The SMILES string of the molecule is Cc1cc(-c2cc(N)c(=O)n(CC(=O)Nc3ccc4c(c3)OCCO4)n2)c(C)o1. The summed E-state index contributed by atoms with van der Waals surface area (Å²) in [5.74, 6) is 2.12. The highest BCUT2D eigenvalue weighted by molar-refractivity contribution is 5.91. The summed E-state index contributed by atoms with van der Waals surface area (Å²) in [7, 11) is 0. The third-order valence-corrected chi connectivity index (χ3v) is 4.44. The number of nitrogens with one attached hydrogen (secondary N) is 1. The number of rotatable bonds is 4. The van der Waals surface area contributed by atoms with Crippen molar-refractivity contribution in [1.29, 1.82) is 0 Å². The van der Waals surface area contributed by atoms with E-state index in [4.69, 9.17) is 19.6 Å². The van der Waals surface area contributed by atoms with E-state index in [1.54, 1.807) is 31.2 Å². The highest BCUT2D eigenvalue weighted by atomic mass is 16.6. The van der Waals surface area contributed by atoms with E-state index in [1.807, 2.05) is 6.92 Å². The van der Waals surface area contributed by atoms with Crippen molar-refractivity contribution in [3.05, 3.63) is 52.2 Å². The number of fused-ring (bicyclic) bond motifs is 1. The van der Waals surface area contributed by atoms with Crippen LogP contribution in [0.15, 0.2) is 39.5 Å². The van der Waals surface area contributed by atoms with Crippen molar-refractivity contribution in [2.45, 2.75) is 20.4 Å². The highest BCUT2D eigenvalue weighted by Crippen LogP contribution is 2.32. The summed E-state index contributed by atoms with van der Waals surface area (Å²) in [5, 5.41) is 7.02. The van der Waals surface area contributed by atoms with Gasteiger partial charge < -0.3 is 24.9 Å². The molecule has 3 heterocycles. The largest absolute Gasteiger partial charge is 0.486 e. The first-order valence-corrected chi connectivity index (χ1v) is 9.05. The third kappa shape index (κ3) is 3.79. The van der Waals surface area contributed by atoms with E-state index in [1.165, 1.54) is 6.07 Å². The number of nitrogen functional groups attached to an aromatic ring is 1. The molecule has 0 radical (unpaired) electrons. The predicted octanol–water partition coefficient (Wildman–Crippen LogP) is 2.11. The highest BCUT2D eigenvalue weighted by Gasteiger charge is 2.16. The molecule has 0 saturated heterocycles. The van der Waals surface area contributed by atoms with Gasteiger partial charge >= 0.3 is 0 Å². The molecule has 0 bridgehead atoms. The maximum absolute atomic E-state index is 12.5. The Hall–Kier alpha value is -3.75. The van der Waals surface area contributed by atoms with Crippen LogP contribution in [0.5, 0.6) is 11.5 Å². The monoisotopic (exact) mass is 396 g/mol. The van der Waals surface area contributed by atoms with E-state index < -0.39 is 11.5 Å². The van der Waals surface area contributed by atoms with Crippen molar-refractivity contribution in [1.82, 2.24) is 9.78 Å². The van der Waals surface area contributed by atoms with Gasteiger partial charge in [-0.2, -0.15) is 5.10 Å². The number of hydrogen-bond acceptors (Lipinski definition) is 7. The van der Waals surface area contributed by atoms with E-state index in [9.17, 15) is 9.59 Å². The van der Waals surface area contributed by atoms with Crippen LogP contribution in [-0.2, 0) is 11.3 Å². The number of hydrogen-bond donors (Lipinski definition) is 2. The summed E-state index contributed by atoms with van der Waals surface area (Å²) in [6, 6.07) is 8.38. The standard InChI is InChI=1S/C20H20N4O5/c1-11-7-14(12(2)29-11)16-9-15(21)20(26)24(23-16)10-19(25)22-13-3-4-17-18(8-13)28-6-5-27-17/h3-4,7-9H,5-6,10,21H2,1-2H3,(H,22,25). The Morgan fingerprint density at radius 3 is 2.66 bits per heavy atom. The van der Waals surface area contributed by atoms with Crippen LogP contribution in [0.1, 0.15) is 11.5 Å². The Balaban J connectivity index is 1.56. The molecule has 1 aromatic carbocycles. The molecule has 0 atom stereocenters. The second-order valence-corrected chi connectivity index (χ2v) is 6.68. The molecule has 0 spiro atoms. The number of nitrogens with zero attached hydrogens (tertiary/aromatic N) is 2. The Morgan fingerprint density at radius 1 is 1.17 bits per heavy atom. The molecular weight excluding hydrogens is 376 g/mol. The van der Waals surface area contributed by atoms with Gasteiger partial charge in [0.1, 0.15) is 37.0 Å². The lowest BCUT2D eigenvalue weighted by Gasteiger charge is -2.19. The van der Waals surface area contributed by atoms with Gasteiger partial charge in [-0.3, -0.25) is 9.59 Å². The number of ether oxygens (including phenoxy) is 2. The fourth-order valence-electron chi connectivity index (χ4n) is 3.14.